The molecule has 21 heavy (non-hydrogen) atoms. The predicted octanol–water partition coefficient (Wildman–Crippen LogP) is 1.09. The molecule has 5 nitrogen and oxygen atoms in total. The molecule has 0 aliphatic heterocycles. The van der Waals surface area contributed by atoms with E-state index in [4.69, 9.17) is 17.4 Å². The molecule has 0 spiro atoms. The molecule has 0 fully saturated rings. The zero-order chi connectivity index (χ0) is 15.7. The summed E-state index contributed by atoms with van der Waals surface area (Å²) in [5.41, 5.74) is 1.03. The van der Waals surface area contributed by atoms with Gasteiger partial charge in [0.15, 0.2) is 5.11 Å². The number of rotatable bonds is 8. The first kappa shape index (κ1) is 18.2. The largest absolute Gasteiger partial charge is 0.363 e. The monoisotopic (exact) mass is 347 g/mol. The summed E-state index contributed by atoms with van der Waals surface area (Å²) in [6, 6.07) is 6.56. The fourth-order valence-electron chi connectivity index (χ4n) is 1.65. The molecule has 0 unspecified atom stereocenters. The third kappa shape index (κ3) is 7.66. The maximum absolute atomic E-state index is 11.1. The zero-order valence-electron chi connectivity index (χ0n) is 12.0. The van der Waals surface area contributed by atoms with Crippen molar-refractivity contribution in [1.29, 1.82) is 0 Å². The smallest absolute Gasteiger partial charge is 0.238 e. The van der Waals surface area contributed by atoms with Crippen LogP contribution in [0.15, 0.2) is 29.2 Å². The van der Waals surface area contributed by atoms with E-state index in [9.17, 15) is 8.42 Å². The first-order valence-corrected chi connectivity index (χ1v) is 9.90. The molecule has 1 aromatic carbocycles. The van der Waals surface area contributed by atoms with E-state index in [0.717, 1.165) is 30.7 Å². The molecule has 0 heterocycles. The van der Waals surface area contributed by atoms with Gasteiger partial charge in [0, 0.05) is 13.1 Å². The lowest BCUT2D eigenvalue weighted by Crippen LogP contribution is -2.36. The van der Waals surface area contributed by atoms with Crippen LogP contribution in [0, 0.1) is 0 Å². The minimum Gasteiger partial charge on any atom is -0.363 e. The molecule has 0 aromatic heterocycles. The summed E-state index contributed by atoms with van der Waals surface area (Å²) in [5, 5.41) is 12.0. The number of hydrogen-bond donors (Lipinski definition) is 3. The van der Waals surface area contributed by atoms with E-state index in [1.54, 1.807) is 12.1 Å². The SMILES string of the molecule is CSCCCNC(=S)NCCc1ccc(S(N)(=O)=O)cc1. The number of sulfonamides is 1. The third-order valence-electron chi connectivity index (χ3n) is 2.76. The number of nitrogens with one attached hydrogen (secondary N) is 2. The molecule has 0 saturated heterocycles. The van der Waals surface area contributed by atoms with Gasteiger partial charge in [-0.3, -0.25) is 0 Å². The van der Waals surface area contributed by atoms with Crippen LogP contribution in [0.3, 0.4) is 0 Å². The van der Waals surface area contributed by atoms with Crippen LogP contribution in [0.25, 0.3) is 0 Å². The summed E-state index contributed by atoms with van der Waals surface area (Å²) < 4.78 is 22.3. The summed E-state index contributed by atoms with van der Waals surface area (Å²) in [5.74, 6) is 1.12. The van der Waals surface area contributed by atoms with Crippen LogP contribution in [0.2, 0.25) is 0 Å². The van der Waals surface area contributed by atoms with Gasteiger partial charge in [-0.15, -0.1) is 0 Å². The van der Waals surface area contributed by atoms with Gasteiger partial charge in [-0.05, 0) is 54.8 Å². The second-order valence-electron chi connectivity index (χ2n) is 4.47. The second kappa shape index (κ2) is 9.24. The van der Waals surface area contributed by atoms with Crippen LogP contribution >= 0.6 is 24.0 Å². The maximum atomic E-state index is 11.1. The Kier molecular flexibility index (Phi) is 8.02. The normalized spacial score (nSPS) is 11.1. The molecule has 0 radical (unpaired) electrons. The Bertz CT molecular complexity index is 544. The van der Waals surface area contributed by atoms with Gasteiger partial charge in [0.05, 0.1) is 4.90 Å². The van der Waals surface area contributed by atoms with Gasteiger partial charge in [0.2, 0.25) is 10.0 Å². The van der Waals surface area contributed by atoms with Crippen molar-refractivity contribution in [2.75, 3.05) is 25.1 Å². The fraction of sp³-hybridized carbons (Fsp3) is 0.462. The van der Waals surface area contributed by atoms with Gasteiger partial charge >= 0.3 is 0 Å². The van der Waals surface area contributed by atoms with E-state index in [1.165, 1.54) is 12.1 Å². The standard InChI is InChI=1S/C13H21N3O2S3/c1-20-10-2-8-15-13(19)16-9-7-11-3-5-12(6-4-11)21(14,17)18/h3-6H,2,7-10H2,1H3,(H2,14,17,18)(H2,15,16,19). The summed E-state index contributed by atoms with van der Waals surface area (Å²) in [4.78, 5) is 0.130. The number of primary sulfonamides is 1. The van der Waals surface area contributed by atoms with Gasteiger partial charge in [-0.1, -0.05) is 12.1 Å². The highest BCUT2D eigenvalue weighted by atomic mass is 32.2. The second-order valence-corrected chi connectivity index (χ2v) is 7.42. The molecule has 8 heteroatoms. The number of benzene rings is 1. The Morgan fingerprint density at radius 1 is 1.24 bits per heavy atom. The summed E-state index contributed by atoms with van der Waals surface area (Å²) in [7, 11) is -3.62. The minimum atomic E-state index is -3.62. The lowest BCUT2D eigenvalue weighted by Gasteiger charge is -2.10. The molecule has 1 aromatic rings. The highest BCUT2D eigenvalue weighted by molar-refractivity contribution is 7.98. The van der Waals surface area contributed by atoms with Gasteiger partial charge in [-0.25, -0.2) is 13.6 Å². The number of hydrogen-bond acceptors (Lipinski definition) is 4. The molecule has 1 rings (SSSR count). The van der Waals surface area contributed by atoms with Crippen LogP contribution in [-0.2, 0) is 16.4 Å². The molecule has 0 aliphatic carbocycles. The Labute approximate surface area is 136 Å². The molecule has 118 valence electrons. The van der Waals surface area contributed by atoms with Crippen molar-refractivity contribution in [1.82, 2.24) is 10.6 Å². The Morgan fingerprint density at radius 3 is 2.43 bits per heavy atom. The minimum absolute atomic E-state index is 0.130. The topological polar surface area (TPSA) is 84.2 Å². The predicted molar refractivity (Wildman–Crippen MR) is 93.1 cm³/mol. The average molecular weight is 348 g/mol. The quantitative estimate of drug-likeness (QED) is 0.482. The summed E-state index contributed by atoms with van der Waals surface area (Å²) in [6.45, 7) is 1.57. The van der Waals surface area contributed by atoms with Crippen LogP contribution in [0.4, 0.5) is 0 Å². The van der Waals surface area contributed by atoms with E-state index in [0.29, 0.717) is 11.7 Å². The van der Waals surface area contributed by atoms with E-state index < -0.39 is 10.0 Å². The lowest BCUT2D eigenvalue weighted by atomic mass is 10.1. The number of thioether (sulfide) groups is 1. The highest BCUT2D eigenvalue weighted by Gasteiger charge is 2.06. The van der Waals surface area contributed by atoms with Crippen molar-refractivity contribution >= 4 is 39.1 Å². The third-order valence-corrected chi connectivity index (χ3v) is 4.68. The molecule has 0 saturated carbocycles. The van der Waals surface area contributed by atoms with Crippen molar-refractivity contribution in [2.24, 2.45) is 5.14 Å². The van der Waals surface area contributed by atoms with Crippen molar-refractivity contribution in [3.05, 3.63) is 29.8 Å². The molecule has 4 N–H and O–H groups in total. The Morgan fingerprint density at radius 2 is 1.86 bits per heavy atom. The summed E-state index contributed by atoms with van der Waals surface area (Å²) >= 11 is 6.98. The number of thiocarbonyl (C=S) groups is 1. The van der Waals surface area contributed by atoms with E-state index in [1.807, 2.05) is 11.8 Å². The molecule has 0 atom stereocenters. The maximum Gasteiger partial charge on any atom is 0.238 e. The molecule has 0 bridgehead atoms. The van der Waals surface area contributed by atoms with Crippen LogP contribution in [0.5, 0.6) is 0 Å². The summed E-state index contributed by atoms with van der Waals surface area (Å²) in [6.07, 6.45) is 3.92. The first-order valence-electron chi connectivity index (χ1n) is 6.56. The molecule has 0 aliphatic rings. The van der Waals surface area contributed by atoms with E-state index in [2.05, 4.69) is 16.9 Å². The van der Waals surface area contributed by atoms with Crippen LogP contribution < -0.4 is 15.8 Å². The Hall–Kier alpha value is -0.830. The molecular weight excluding hydrogens is 326 g/mol. The average Bonchev–Trinajstić information content (AvgIpc) is 2.43. The first-order chi connectivity index (χ1) is 9.93. The van der Waals surface area contributed by atoms with Crippen LogP contribution in [0.1, 0.15) is 12.0 Å². The van der Waals surface area contributed by atoms with E-state index >= 15 is 0 Å². The van der Waals surface area contributed by atoms with Crippen molar-refractivity contribution < 1.29 is 8.42 Å². The highest BCUT2D eigenvalue weighted by Crippen LogP contribution is 2.08. The van der Waals surface area contributed by atoms with Gasteiger partial charge in [0.25, 0.3) is 0 Å². The molecular formula is C13H21N3O2S3. The van der Waals surface area contributed by atoms with Crippen molar-refractivity contribution in [2.45, 2.75) is 17.7 Å². The zero-order valence-corrected chi connectivity index (χ0v) is 14.4. The van der Waals surface area contributed by atoms with Gasteiger partial charge in [-0.2, -0.15) is 11.8 Å². The van der Waals surface area contributed by atoms with Crippen LogP contribution in [-0.4, -0.2) is 38.6 Å². The molecule has 0 amide bonds. The lowest BCUT2D eigenvalue weighted by molar-refractivity contribution is 0.598. The Balaban J connectivity index is 2.28. The van der Waals surface area contributed by atoms with Crippen molar-refractivity contribution in [3.63, 3.8) is 0 Å². The van der Waals surface area contributed by atoms with Crippen molar-refractivity contribution in [3.8, 4) is 0 Å². The van der Waals surface area contributed by atoms with Gasteiger partial charge in [0.1, 0.15) is 0 Å². The number of nitrogens with two attached hydrogens (primary N) is 1. The van der Waals surface area contributed by atoms with Gasteiger partial charge < -0.3 is 10.6 Å². The fourth-order valence-corrected chi connectivity index (χ4v) is 2.80. The van der Waals surface area contributed by atoms with E-state index in [-0.39, 0.29) is 4.90 Å².